The molecule has 170 valence electrons. The van der Waals surface area contributed by atoms with Gasteiger partial charge in [-0.25, -0.2) is 9.97 Å². The Kier molecular flexibility index (Phi) is 7.07. The van der Waals surface area contributed by atoms with E-state index in [4.69, 9.17) is 21.3 Å². The highest BCUT2D eigenvalue weighted by molar-refractivity contribution is 7.98. The second-order valence-electron chi connectivity index (χ2n) is 7.46. The van der Waals surface area contributed by atoms with Crippen molar-refractivity contribution in [2.45, 2.75) is 31.7 Å². The normalized spacial score (nSPS) is 10.9. The van der Waals surface area contributed by atoms with Crippen LogP contribution >= 0.6 is 34.7 Å². The summed E-state index contributed by atoms with van der Waals surface area (Å²) >= 11 is 9.52. The number of rotatable bonds is 7. The van der Waals surface area contributed by atoms with Gasteiger partial charge in [0.05, 0.1) is 29.2 Å². The smallest absolute Gasteiger partial charge is 0.230 e. The number of imidazole rings is 1. The van der Waals surface area contributed by atoms with Crippen LogP contribution in [0.15, 0.2) is 59.3 Å². The Morgan fingerprint density at radius 1 is 1.27 bits per heavy atom. The summed E-state index contributed by atoms with van der Waals surface area (Å²) in [6.07, 6.45) is 3.69. The number of hydrogen-bond donors (Lipinski definition) is 0. The Morgan fingerprint density at radius 2 is 2.09 bits per heavy atom. The summed E-state index contributed by atoms with van der Waals surface area (Å²) in [5, 5.41) is 3.95. The molecule has 0 spiro atoms. The molecule has 4 aromatic rings. The zero-order valence-electron chi connectivity index (χ0n) is 18.7. The van der Waals surface area contributed by atoms with Gasteiger partial charge in [0.1, 0.15) is 5.75 Å². The molecule has 0 fully saturated rings. The number of carbonyl (C=O) groups excluding carboxylic acids is 1. The Labute approximate surface area is 206 Å². The van der Waals surface area contributed by atoms with Crippen molar-refractivity contribution in [3.63, 3.8) is 0 Å². The second-order valence-corrected chi connectivity index (χ2v) is 9.64. The quantitative estimate of drug-likeness (QED) is 0.269. The number of nitrogens with zero attached hydrogens (tertiary/aromatic N) is 4. The molecule has 0 atom stereocenters. The zero-order chi connectivity index (χ0) is 23.5. The molecule has 0 N–H and O–H groups in total. The summed E-state index contributed by atoms with van der Waals surface area (Å²) in [6.45, 7) is 5.46. The maximum Gasteiger partial charge on any atom is 0.230 e. The number of methoxy groups -OCH3 is 1. The number of anilines is 2. The van der Waals surface area contributed by atoms with Crippen molar-refractivity contribution in [1.29, 1.82) is 0 Å². The van der Waals surface area contributed by atoms with Crippen molar-refractivity contribution >= 4 is 51.4 Å². The van der Waals surface area contributed by atoms with Gasteiger partial charge in [0.25, 0.3) is 0 Å². The first kappa shape index (κ1) is 23.4. The van der Waals surface area contributed by atoms with E-state index in [9.17, 15) is 4.79 Å². The van der Waals surface area contributed by atoms with Crippen molar-refractivity contribution in [3.8, 4) is 11.4 Å². The minimum Gasteiger partial charge on any atom is -0.497 e. The Morgan fingerprint density at radius 3 is 2.82 bits per heavy atom. The minimum atomic E-state index is -0.133. The molecule has 2 heterocycles. The Balaban J connectivity index is 1.55. The molecule has 0 aliphatic heterocycles. The lowest BCUT2D eigenvalue weighted by Gasteiger charge is -2.22. The summed E-state index contributed by atoms with van der Waals surface area (Å²) in [6, 6.07) is 11.7. The third-order valence-electron chi connectivity index (χ3n) is 4.96. The van der Waals surface area contributed by atoms with E-state index in [1.807, 2.05) is 66.4 Å². The van der Waals surface area contributed by atoms with Crippen molar-refractivity contribution in [2.75, 3.05) is 12.0 Å². The van der Waals surface area contributed by atoms with Crippen LogP contribution in [0.1, 0.15) is 23.7 Å². The molecule has 2 aromatic carbocycles. The third kappa shape index (κ3) is 5.08. The van der Waals surface area contributed by atoms with Crippen LogP contribution < -0.4 is 9.64 Å². The maximum atomic E-state index is 12.5. The highest BCUT2D eigenvalue weighted by Gasteiger charge is 2.23. The van der Waals surface area contributed by atoms with Gasteiger partial charge in [-0.15, -0.1) is 11.3 Å². The van der Waals surface area contributed by atoms with Gasteiger partial charge in [-0.05, 0) is 43.2 Å². The summed E-state index contributed by atoms with van der Waals surface area (Å²) in [5.74, 6) is 1.27. The molecule has 0 unspecified atom stereocenters. The second kappa shape index (κ2) is 9.99. The summed E-state index contributed by atoms with van der Waals surface area (Å²) in [4.78, 5) is 23.4. The monoisotopic (exact) mass is 498 g/mol. The van der Waals surface area contributed by atoms with Gasteiger partial charge in [0.15, 0.2) is 10.3 Å². The van der Waals surface area contributed by atoms with Crippen molar-refractivity contribution < 1.29 is 9.53 Å². The standard InChI is InChI=1S/C24H23ClN4O2S2/c1-15-10-16(2)22(21(25)11-15)29(17(3)30)24-27-18(14-33-24)13-32-23-26-8-9-28(23)19-6-5-7-20(12-19)31-4/h5-12,14H,13H2,1-4H3. The van der Waals surface area contributed by atoms with Crippen molar-refractivity contribution in [1.82, 2.24) is 14.5 Å². The fourth-order valence-electron chi connectivity index (χ4n) is 3.54. The van der Waals surface area contributed by atoms with E-state index in [0.717, 1.165) is 33.4 Å². The average molecular weight is 499 g/mol. The van der Waals surface area contributed by atoms with Crippen LogP contribution in [0.25, 0.3) is 5.69 Å². The third-order valence-corrected chi connectivity index (χ3v) is 7.12. The molecule has 0 saturated carbocycles. The van der Waals surface area contributed by atoms with Gasteiger partial charge >= 0.3 is 0 Å². The molecule has 0 saturated heterocycles. The van der Waals surface area contributed by atoms with Gasteiger partial charge < -0.3 is 4.74 Å². The molecule has 0 aliphatic carbocycles. The van der Waals surface area contributed by atoms with Crippen molar-refractivity contribution in [3.05, 3.63) is 76.0 Å². The summed E-state index contributed by atoms with van der Waals surface area (Å²) in [7, 11) is 1.65. The molecule has 6 nitrogen and oxygen atoms in total. The van der Waals surface area contributed by atoms with Gasteiger partial charge in [0, 0.05) is 36.5 Å². The predicted octanol–water partition coefficient (Wildman–Crippen LogP) is 6.58. The molecule has 4 rings (SSSR count). The summed E-state index contributed by atoms with van der Waals surface area (Å²) < 4.78 is 7.35. The van der Waals surface area contributed by atoms with Crippen LogP contribution in [0, 0.1) is 13.8 Å². The number of benzene rings is 2. The Bertz CT molecular complexity index is 1280. The van der Waals surface area contributed by atoms with Crippen molar-refractivity contribution in [2.24, 2.45) is 0 Å². The maximum absolute atomic E-state index is 12.5. The highest BCUT2D eigenvalue weighted by Crippen LogP contribution is 2.38. The van der Waals surface area contributed by atoms with E-state index < -0.39 is 0 Å². The number of amides is 1. The lowest BCUT2D eigenvalue weighted by atomic mass is 10.1. The molecule has 2 aromatic heterocycles. The van der Waals surface area contributed by atoms with Crippen LogP contribution in [-0.2, 0) is 10.5 Å². The first-order valence-corrected chi connectivity index (χ1v) is 12.4. The summed E-state index contributed by atoms with van der Waals surface area (Å²) in [5.41, 5.74) is 4.50. The van der Waals surface area contributed by atoms with E-state index in [1.165, 1.54) is 18.3 Å². The predicted molar refractivity (Wildman–Crippen MR) is 136 cm³/mol. The number of aryl methyl sites for hydroxylation is 2. The Hall–Kier alpha value is -2.81. The van der Waals surface area contributed by atoms with Gasteiger partial charge in [-0.2, -0.15) is 0 Å². The first-order valence-electron chi connectivity index (χ1n) is 10.2. The number of ether oxygens (including phenoxy) is 1. The van der Waals surface area contributed by atoms with Crippen LogP contribution in [0.2, 0.25) is 5.02 Å². The molecule has 0 bridgehead atoms. The molecular weight excluding hydrogens is 476 g/mol. The van der Waals surface area contributed by atoms with Gasteiger partial charge in [-0.3, -0.25) is 14.3 Å². The minimum absolute atomic E-state index is 0.133. The first-order chi connectivity index (χ1) is 15.9. The molecule has 1 amide bonds. The lowest BCUT2D eigenvalue weighted by Crippen LogP contribution is -2.24. The molecular formula is C24H23ClN4O2S2. The number of carbonyl (C=O) groups is 1. The highest BCUT2D eigenvalue weighted by atomic mass is 35.5. The van der Waals surface area contributed by atoms with E-state index in [-0.39, 0.29) is 5.91 Å². The van der Waals surface area contributed by atoms with Crippen LogP contribution in [0.3, 0.4) is 0 Å². The van der Waals surface area contributed by atoms with Crippen LogP contribution in [0.5, 0.6) is 5.75 Å². The fourth-order valence-corrected chi connectivity index (χ4v) is 5.79. The number of halogens is 1. The molecule has 9 heteroatoms. The SMILES string of the molecule is COc1cccc(-n2ccnc2SCc2csc(N(C(C)=O)c3c(C)cc(C)cc3Cl)n2)c1. The van der Waals surface area contributed by atoms with Gasteiger partial charge in [-0.1, -0.05) is 35.5 Å². The zero-order valence-corrected chi connectivity index (χ0v) is 21.1. The average Bonchev–Trinajstić information content (AvgIpc) is 3.44. The lowest BCUT2D eigenvalue weighted by molar-refractivity contribution is -0.115. The molecule has 33 heavy (non-hydrogen) atoms. The van der Waals surface area contributed by atoms with Crippen LogP contribution in [-0.4, -0.2) is 27.6 Å². The van der Waals surface area contributed by atoms with Gasteiger partial charge in [0.2, 0.25) is 5.91 Å². The number of hydrogen-bond acceptors (Lipinski definition) is 6. The molecule has 0 radical (unpaired) electrons. The topological polar surface area (TPSA) is 60.2 Å². The molecule has 0 aliphatic rings. The number of aromatic nitrogens is 3. The number of thioether (sulfide) groups is 1. The van der Waals surface area contributed by atoms with E-state index >= 15 is 0 Å². The van der Waals surface area contributed by atoms with E-state index in [0.29, 0.717) is 21.6 Å². The van der Waals surface area contributed by atoms with E-state index in [2.05, 4.69) is 4.98 Å². The largest absolute Gasteiger partial charge is 0.497 e. The van der Waals surface area contributed by atoms with E-state index in [1.54, 1.807) is 30.0 Å². The van der Waals surface area contributed by atoms with Crippen LogP contribution in [0.4, 0.5) is 10.8 Å². The number of thiazole rings is 1. The fraction of sp³-hybridized carbons (Fsp3) is 0.208.